The van der Waals surface area contributed by atoms with Crippen LogP contribution in [-0.2, 0) is 0 Å². The van der Waals surface area contributed by atoms with E-state index in [0.29, 0.717) is 5.56 Å². The second kappa shape index (κ2) is 4.11. The van der Waals surface area contributed by atoms with Crippen LogP contribution in [0, 0.1) is 17.7 Å². The van der Waals surface area contributed by atoms with Crippen molar-refractivity contribution in [3.8, 4) is 11.1 Å². The van der Waals surface area contributed by atoms with E-state index in [0.717, 1.165) is 10.0 Å². The van der Waals surface area contributed by atoms with Crippen molar-refractivity contribution < 1.29 is 8.78 Å². The van der Waals surface area contributed by atoms with Gasteiger partial charge in [-0.3, -0.25) is 0 Å². The van der Waals surface area contributed by atoms with Crippen molar-refractivity contribution in [2.45, 2.75) is 0 Å². The number of hydrogen-bond donors (Lipinski definition) is 0. The van der Waals surface area contributed by atoms with Gasteiger partial charge in [0.1, 0.15) is 11.6 Å². The van der Waals surface area contributed by atoms with Crippen LogP contribution in [0.15, 0.2) is 40.9 Å². The van der Waals surface area contributed by atoms with Gasteiger partial charge in [-0.15, -0.1) is 0 Å². The van der Waals surface area contributed by atoms with Crippen molar-refractivity contribution in [3.63, 3.8) is 0 Å². The van der Waals surface area contributed by atoms with Crippen LogP contribution in [0.25, 0.3) is 11.1 Å². The van der Waals surface area contributed by atoms with Crippen LogP contribution < -0.4 is 0 Å². The summed E-state index contributed by atoms with van der Waals surface area (Å²) in [4.78, 5) is 0. The molecule has 0 fully saturated rings. The quantitative estimate of drug-likeness (QED) is 0.727. The third-order valence-corrected chi connectivity index (χ3v) is 2.68. The van der Waals surface area contributed by atoms with E-state index in [4.69, 9.17) is 0 Å². The third kappa shape index (κ3) is 2.23. The SMILES string of the molecule is Fc1[c]c(F)cc(-c2ccccc2Br)c1. The van der Waals surface area contributed by atoms with Crippen LogP contribution in [0.3, 0.4) is 0 Å². The van der Waals surface area contributed by atoms with Gasteiger partial charge in [0, 0.05) is 4.47 Å². The molecular weight excluding hydrogens is 262 g/mol. The summed E-state index contributed by atoms with van der Waals surface area (Å²) < 4.78 is 26.7. The van der Waals surface area contributed by atoms with Gasteiger partial charge in [-0.25, -0.2) is 8.78 Å². The molecule has 0 nitrogen and oxygen atoms in total. The van der Waals surface area contributed by atoms with E-state index in [1.54, 1.807) is 6.07 Å². The van der Waals surface area contributed by atoms with Gasteiger partial charge in [-0.2, -0.15) is 0 Å². The van der Waals surface area contributed by atoms with Gasteiger partial charge >= 0.3 is 0 Å². The number of rotatable bonds is 1. The highest BCUT2D eigenvalue weighted by molar-refractivity contribution is 9.10. The molecule has 0 spiro atoms. The van der Waals surface area contributed by atoms with Crippen molar-refractivity contribution in [2.24, 2.45) is 0 Å². The van der Waals surface area contributed by atoms with Crippen molar-refractivity contribution in [1.82, 2.24) is 0 Å². The Bertz CT molecular complexity index is 474. The van der Waals surface area contributed by atoms with Gasteiger partial charge in [0.05, 0.1) is 6.07 Å². The lowest BCUT2D eigenvalue weighted by Gasteiger charge is -2.04. The maximum atomic E-state index is 12.9. The molecule has 0 saturated carbocycles. The molecule has 0 N–H and O–H groups in total. The monoisotopic (exact) mass is 267 g/mol. The average Bonchev–Trinajstić information content (AvgIpc) is 2.16. The first-order chi connectivity index (χ1) is 7.16. The Kier molecular flexibility index (Phi) is 2.82. The summed E-state index contributed by atoms with van der Waals surface area (Å²) in [5.41, 5.74) is 1.25. The van der Waals surface area contributed by atoms with Gasteiger partial charge in [0.15, 0.2) is 0 Å². The zero-order valence-electron chi connectivity index (χ0n) is 7.60. The lowest BCUT2D eigenvalue weighted by atomic mass is 10.1. The molecule has 0 aliphatic carbocycles. The molecule has 0 aliphatic heterocycles. The van der Waals surface area contributed by atoms with Gasteiger partial charge in [0.2, 0.25) is 0 Å². The molecule has 0 atom stereocenters. The molecule has 0 unspecified atom stereocenters. The molecule has 75 valence electrons. The number of benzene rings is 2. The largest absolute Gasteiger partial charge is 0.206 e. The van der Waals surface area contributed by atoms with E-state index in [2.05, 4.69) is 15.9 Å². The first-order valence-corrected chi connectivity index (χ1v) is 5.09. The minimum Gasteiger partial charge on any atom is -0.206 e. The van der Waals surface area contributed by atoms with Crippen LogP contribution in [0.5, 0.6) is 0 Å². The highest BCUT2D eigenvalue weighted by Gasteiger charge is 2.05. The Morgan fingerprint density at radius 2 is 1.60 bits per heavy atom. The van der Waals surface area contributed by atoms with Gasteiger partial charge in [0.25, 0.3) is 0 Å². The van der Waals surface area contributed by atoms with Crippen molar-refractivity contribution in [1.29, 1.82) is 0 Å². The highest BCUT2D eigenvalue weighted by Crippen LogP contribution is 2.28. The predicted molar refractivity (Wildman–Crippen MR) is 58.3 cm³/mol. The molecular formula is C12H6BrF2. The summed E-state index contributed by atoms with van der Waals surface area (Å²) in [5.74, 6) is -1.39. The van der Waals surface area contributed by atoms with Crippen LogP contribution in [0.1, 0.15) is 0 Å². The predicted octanol–water partition coefficient (Wildman–Crippen LogP) is 4.19. The molecule has 1 radical (unpaired) electrons. The van der Waals surface area contributed by atoms with E-state index >= 15 is 0 Å². The second-order valence-corrected chi connectivity index (χ2v) is 3.90. The minimum atomic E-state index is -0.694. The minimum absolute atomic E-state index is 0.497. The zero-order chi connectivity index (χ0) is 10.8. The summed E-state index contributed by atoms with van der Waals surface area (Å²) in [6, 6.07) is 11.7. The molecule has 15 heavy (non-hydrogen) atoms. The highest BCUT2D eigenvalue weighted by atomic mass is 79.9. The first-order valence-electron chi connectivity index (χ1n) is 4.30. The fourth-order valence-electron chi connectivity index (χ4n) is 1.35. The Labute approximate surface area is 94.7 Å². The van der Waals surface area contributed by atoms with Crippen molar-refractivity contribution in [3.05, 3.63) is 58.6 Å². The second-order valence-electron chi connectivity index (χ2n) is 3.04. The average molecular weight is 268 g/mol. The summed E-state index contributed by atoms with van der Waals surface area (Å²) in [7, 11) is 0. The zero-order valence-corrected chi connectivity index (χ0v) is 9.18. The van der Waals surface area contributed by atoms with Crippen LogP contribution in [-0.4, -0.2) is 0 Å². The molecule has 2 aromatic rings. The molecule has 0 aliphatic rings. The smallest absolute Gasteiger partial charge is 0.134 e. The molecule has 2 aromatic carbocycles. The van der Waals surface area contributed by atoms with Crippen LogP contribution in [0.2, 0.25) is 0 Å². The summed E-state index contributed by atoms with van der Waals surface area (Å²) >= 11 is 3.33. The summed E-state index contributed by atoms with van der Waals surface area (Å²) in [6.07, 6.45) is 0. The normalized spacial score (nSPS) is 10.3. The standard InChI is InChI=1S/C12H6BrF2/c13-12-4-2-1-3-11(12)8-5-9(14)7-10(15)6-8/h1-6H. The molecule has 0 saturated heterocycles. The first kappa shape index (κ1) is 10.3. The van der Waals surface area contributed by atoms with Gasteiger partial charge in [-0.1, -0.05) is 34.1 Å². The molecule has 3 heteroatoms. The Hall–Kier alpha value is -1.22. The maximum absolute atomic E-state index is 12.9. The molecule has 0 heterocycles. The fraction of sp³-hybridized carbons (Fsp3) is 0. The van der Waals surface area contributed by atoms with Gasteiger partial charge < -0.3 is 0 Å². The van der Waals surface area contributed by atoms with Crippen molar-refractivity contribution >= 4 is 15.9 Å². The number of hydrogen-bond acceptors (Lipinski definition) is 0. The maximum Gasteiger partial charge on any atom is 0.134 e. The molecule has 2 rings (SSSR count). The van der Waals surface area contributed by atoms with Gasteiger partial charge in [-0.05, 0) is 29.3 Å². The lowest BCUT2D eigenvalue weighted by molar-refractivity contribution is 0.580. The van der Waals surface area contributed by atoms with E-state index < -0.39 is 11.6 Å². The van der Waals surface area contributed by atoms with Crippen LogP contribution >= 0.6 is 15.9 Å². The fourth-order valence-corrected chi connectivity index (χ4v) is 1.87. The molecule has 0 amide bonds. The Morgan fingerprint density at radius 3 is 2.20 bits per heavy atom. The molecule has 0 aromatic heterocycles. The van der Waals surface area contributed by atoms with E-state index in [1.165, 1.54) is 12.1 Å². The van der Waals surface area contributed by atoms with E-state index in [-0.39, 0.29) is 0 Å². The van der Waals surface area contributed by atoms with Crippen molar-refractivity contribution in [2.75, 3.05) is 0 Å². The van der Waals surface area contributed by atoms with E-state index in [9.17, 15) is 8.78 Å². The lowest BCUT2D eigenvalue weighted by Crippen LogP contribution is -1.85. The molecule has 0 bridgehead atoms. The number of halogens is 3. The summed E-state index contributed by atoms with van der Waals surface area (Å²) in [6.45, 7) is 0. The van der Waals surface area contributed by atoms with E-state index in [1.807, 2.05) is 24.3 Å². The Morgan fingerprint density at radius 1 is 1.00 bits per heavy atom. The topological polar surface area (TPSA) is 0 Å². The van der Waals surface area contributed by atoms with Crippen LogP contribution in [0.4, 0.5) is 8.78 Å². The Balaban J connectivity index is 2.59. The third-order valence-electron chi connectivity index (χ3n) is 1.99. The summed E-state index contributed by atoms with van der Waals surface area (Å²) in [5, 5.41) is 0.